The topological polar surface area (TPSA) is 82.4 Å². The first-order valence-electron chi connectivity index (χ1n) is 9.65. The molecule has 4 rings (SSSR count). The summed E-state index contributed by atoms with van der Waals surface area (Å²) in [4.78, 5) is 27.6. The summed E-state index contributed by atoms with van der Waals surface area (Å²) in [6.45, 7) is 4.70. The Morgan fingerprint density at radius 1 is 1.14 bits per heavy atom. The highest BCUT2D eigenvalue weighted by atomic mass is 16.2. The van der Waals surface area contributed by atoms with Gasteiger partial charge in [0.2, 0.25) is 0 Å². The van der Waals surface area contributed by atoms with Gasteiger partial charge in [-0.2, -0.15) is 5.10 Å². The van der Waals surface area contributed by atoms with Crippen LogP contribution in [0.15, 0.2) is 30.7 Å². The molecule has 0 atom stereocenters. The van der Waals surface area contributed by atoms with Gasteiger partial charge in [0.05, 0.1) is 11.6 Å². The van der Waals surface area contributed by atoms with Crippen molar-refractivity contribution in [3.05, 3.63) is 36.3 Å². The van der Waals surface area contributed by atoms with E-state index in [-0.39, 0.29) is 6.03 Å². The molecule has 0 aliphatic carbocycles. The van der Waals surface area contributed by atoms with Gasteiger partial charge in [0.25, 0.3) is 0 Å². The van der Waals surface area contributed by atoms with Crippen LogP contribution in [0.1, 0.15) is 5.56 Å². The Labute approximate surface area is 169 Å². The third kappa shape index (κ3) is 3.67. The minimum Gasteiger partial charge on any atom is -0.378 e. The summed E-state index contributed by atoms with van der Waals surface area (Å²) < 4.78 is 1.74. The Morgan fingerprint density at radius 3 is 2.59 bits per heavy atom. The first-order chi connectivity index (χ1) is 13.9. The number of rotatable bonds is 3. The standard InChI is InChI=1S/C20H26N8O/c1-14-11-15(25(2)3)5-6-17(14)24-20(29)28-9-7-27(8-10-28)19-16-12-23-26(4)18(16)21-13-22-19/h5-6,11-13H,7-10H2,1-4H3,(H,24,29). The quantitative estimate of drug-likeness (QED) is 0.733. The predicted molar refractivity (Wildman–Crippen MR) is 115 cm³/mol. The van der Waals surface area contributed by atoms with Gasteiger partial charge in [-0.05, 0) is 30.7 Å². The molecule has 1 saturated heterocycles. The third-order valence-electron chi connectivity index (χ3n) is 5.34. The molecule has 3 aromatic rings. The molecule has 0 bridgehead atoms. The fourth-order valence-corrected chi connectivity index (χ4v) is 3.58. The molecule has 29 heavy (non-hydrogen) atoms. The highest BCUT2D eigenvalue weighted by Gasteiger charge is 2.24. The van der Waals surface area contributed by atoms with Crippen molar-refractivity contribution >= 4 is 34.3 Å². The van der Waals surface area contributed by atoms with Crippen molar-refractivity contribution < 1.29 is 4.79 Å². The molecule has 1 aliphatic heterocycles. The zero-order valence-corrected chi connectivity index (χ0v) is 17.3. The van der Waals surface area contributed by atoms with Crippen molar-refractivity contribution in [1.82, 2.24) is 24.6 Å². The van der Waals surface area contributed by atoms with E-state index in [2.05, 4.69) is 31.3 Å². The lowest BCUT2D eigenvalue weighted by Gasteiger charge is -2.35. The highest BCUT2D eigenvalue weighted by molar-refractivity contribution is 5.91. The van der Waals surface area contributed by atoms with Crippen molar-refractivity contribution in [3.63, 3.8) is 0 Å². The van der Waals surface area contributed by atoms with Gasteiger partial charge in [-0.1, -0.05) is 0 Å². The van der Waals surface area contributed by atoms with Gasteiger partial charge in [-0.25, -0.2) is 14.8 Å². The first kappa shape index (κ1) is 19.0. The number of fused-ring (bicyclic) bond motifs is 1. The molecule has 0 radical (unpaired) electrons. The van der Waals surface area contributed by atoms with E-state index in [1.54, 1.807) is 17.2 Å². The maximum Gasteiger partial charge on any atom is 0.321 e. The second-order valence-electron chi connectivity index (χ2n) is 7.50. The van der Waals surface area contributed by atoms with Crippen molar-refractivity contribution in [2.75, 3.05) is 55.4 Å². The van der Waals surface area contributed by atoms with Gasteiger partial charge in [0.15, 0.2) is 5.65 Å². The molecule has 9 heteroatoms. The number of hydrogen-bond acceptors (Lipinski definition) is 6. The maximum absolute atomic E-state index is 12.7. The number of nitrogens with one attached hydrogen (secondary N) is 1. The monoisotopic (exact) mass is 394 g/mol. The van der Waals surface area contributed by atoms with Crippen LogP contribution in [0, 0.1) is 6.92 Å². The number of nitrogens with zero attached hydrogens (tertiary/aromatic N) is 7. The molecular weight excluding hydrogens is 368 g/mol. The second-order valence-corrected chi connectivity index (χ2v) is 7.50. The van der Waals surface area contributed by atoms with E-state index in [1.165, 1.54) is 0 Å². The van der Waals surface area contributed by atoms with E-state index in [0.29, 0.717) is 26.2 Å². The van der Waals surface area contributed by atoms with E-state index in [1.807, 2.05) is 50.0 Å². The van der Waals surface area contributed by atoms with Crippen LogP contribution < -0.4 is 15.1 Å². The van der Waals surface area contributed by atoms with E-state index < -0.39 is 0 Å². The van der Waals surface area contributed by atoms with Crippen LogP contribution in [0.4, 0.5) is 22.0 Å². The summed E-state index contributed by atoms with van der Waals surface area (Å²) in [5, 5.41) is 8.26. The molecule has 1 N–H and O–H groups in total. The third-order valence-corrected chi connectivity index (χ3v) is 5.34. The number of carbonyl (C=O) groups is 1. The minimum atomic E-state index is -0.0698. The summed E-state index contributed by atoms with van der Waals surface area (Å²) in [7, 11) is 5.88. The average Bonchev–Trinajstić information content (AvgIpc) is 3.10. The number of hydrogen-bond donors (Lipinski definition) is 1. The molecule has 2 amide bonds. The Kier molecular flexibility index (Phi) is 4.96. The lowest BCUT2D eigenvalue weighted by Crippen LogP contribution is -2.50. The number of anilines is 3. The second kappa shape index (κ2) is 7.57. The van der Waals surface area contributed by atoms with Gasteiger partial charge in [-0.3, -0.25) is 4.68 Å². The largest absolute Gasteiger partial charge is 0.378 e. The van der Waals surface area contributed by atoms with Crippen molar-refractivity contribution in [1.29, 1.82) is 0 Å². The lowest BCUT2D eigenvalue weighted by molar-refractivity contribution is 0.208. The number of benzene rings is 1. The van der Waals surface area contributed by atoms with Gasteiger partial charge in [0, 0.05) is 58.7 Å². The summed E-state index contributed by atoms with van der Waals surface area (Å²) in [5.41, 5.74) is 3.81. The van der Waals surface area contributed by atoms with E-state index in [4.69, 9.17) is 0 Å². The fraction of sp³-hybridized carbons (Fsp3) is 0.400. The Morgan fingerprint density at radius 2 is 1.90 bits per heavy atom. The van der Waals surface area contributed by atoms with Crippen LogP contribution in [0.25, 0.3) is 11.0 Å². The lowest BCUT2D eigenvalue weighted by atomic mass is 10.1. The fourth-order valence-electron chi connectivity index (χ4n) is 3.58. The van der Waals surface area contributed by atoms with E-state index in [9.17, 15) is 4.79 Å². The Bertz CT molecular complexity index is 1040. The molecule has 0 saturated carbocycles. The number of amides is 2. The van der Waals surface area contributed by atoms with Gasteiger partial charge in [-0.15, -0.1) is 0 Å². The molecule has 3 heterocycles. The van der Waals surface area contributed by atoms with E-state index >= 15 is 0 Å². The summed E-state index contributed by atoms with van der Waals surface area (Å²) in [6, 6.07) is 5.97. The zero-order valence-electron chi connectivity index (χ0n) is 17.3. The van der Waals surface area contributed by atoms with E-state index in [0.717, 1.165) is 33.8 Å². The SMILES string of the molecule is Cc1cc(N(C)C)ccc1NC(=O)N1CCN(c2ncnc3c2cnn3C)CC1. The van der Waals surface area contributed by atoms with Crippen LogP contribution in [-0.2, 0) is 7.05 Å². The van der Waals surface area contributed by atoms with Crippen molar-refractivity contribution in [2.24, 2.45) is 7.05 Å². The first-order valence-corrected chi connectivity index (χ1v) is 9.65. The molecule has 0 spiro atoms. The van der Waals surface area contributed by atoms with Crippen LogP contribution in [-0.4, -0.2) is 71.0 Å². The van der Waals surface area contributed by atoms with Crippen LogP contribution in [0.5, 0.6) is 0 Å². The Hall–Kier alpha value is -3.36. The molecule has 1 aliphatic rings. The number of aryl methyl sites for hydroxylation is 2. The van der Waals surface area contributed by atoms with Gasteiger partial charge < -0.3 is 20.0 Å². The normalized spacial score (nSPS) is 14.3. The summed E-state index contributed by atoms with van der Waals surface area (Å²) in [5.74, 6) is 0.873. The van der Waals surface area contributed by atoms with Crippen molar-refractivity contribution in [2.45, 2.75) is 6.92 Å². The summed E-state index contributed by atoms with van der Waals surface area (Å²) >= 11 is 0. The summed E-state index contributed by atoms with van der Waals surface area (Å²) in [6.07, 6.45) is 3.36. The molecule has 152 valence electrons. The number of piperazine rings is 1. The average molecular weight is 394 g/mol. The molecule has 1 aromatic carbocycles. The van der Waals surface area contributed by atoms with Crippen LogP contribution >= 0.6 is 0 Å². The predicted octanol–water partition coefficient (Wildman–Crippen LogP) is 2.09. The van der Waals surface area contributed by atoms with Crippen LogP contribution in [0.2, 0.25) is 0 Å². The van der Waals surface area contributed by atoms with Crippen molar-refractivity contribution in [3.8, 4) is 0 Å². The van der Waals surface area contributed by atoms with Crippen LogP contribution in [0.3, 0.4) is 0 Å². The number of aromatic nitrogens is 4. The van der Waals surface area contributed by atoms with Gasteiger partial charge >= 0.3 is 6.03 Å². The zero-order chi connectivity index (χ0) is 20.5. The Balaban J connectivity index is 1.41. The van der Waals surface area contributed by atoms with Gasteiger partial charge in [0.1, 0.15) is 12.1 Å². The minimum absolute atomic E-state index is 0.0698. The smallest absolute Gasteiger partial charge is 0.321 e. The number of carbonyl (C=O) groups excluding carboxylic acids is 1. The highest BCUT2D eigenvalue weighted by Crippen LogP contribution is 2.24. The molecular formula is C20H26N8O. The molecule has 0 unspecified atom stereocenters. The number of urea groups is 1. The molecule has 9 nitrogen and oxygen atoms in total. The molecule has 2 aromatic heterocycles. The maximum atomic E-state index is 12.7. The molecule has 1 fully saturated rings.